The fourth-order valence-electron chi connectivity index (χ4n) is 3.58. The van der Waals surface area contributed by atoms with Crippen LogP contribution in [0.15, 0.2) is 28.7 Å². The van der Waals surface area contributed by atoms with Crippen LogP contribution in [0.5, 0.6) is 0 Å². The van der Waals surface area contributed by atoms with Crippen LogP contribution >= 0.6 is 11.6 Å². The number of hydrogen-bond donors (Lipinski definition) is 3. The van der Waals surface area contributed by atoms with Gasteiger partial charge in [-0.1, -0.05) is 11.6 Å². The molecule has 0 unspecified atom stereocenters. The normalized spacial score (nSPS) is 19.0. The quantitative estimate of drug-likeness (QED) is 0.606. The molecule has 3 rings (SSSR count). The molecule has 9 heteroatoms. The Hall–Kier alpha value is -2.74. The topological polar surface area (TPSA) is 110 Å². The molecule has 0 aliphatic heterocycles. The van der Waals surface area contributed by atoms with Gasteiger partial charge in [-0.25, -0.2) is 4.79 Å². The molecule has 1 aromatic carbocycles. The molecule has 0 spiro atoms. The van der Waals surface area contributed by atoms with Gasteiger partial charge in [0.05, 0.1) is 0 Å². The van der Waals surface area contributed by atoms with Gasteiger partial charge in [-0.2, -0.15) is 0 Å². The summed E-state index contributed by atoms with van der Waals surface area (Å²) in [5.74, 6) is -0.558. The Morgan fingerprint density at radius 3 is 2.48 bits per heavy atom. The van der Waals surface area contributed by atoms with Crippen molar-refractivity contribution in [3.05, 3.63) is 35.0 Å². The van der Waals surface area contributed by atoms with E-state index in [0.29, 0.717) is 41.3 Å². The summed E-state index contributed by atoms with van der Waals surface area (Å²) in [5.41, 5.74) is 4.90. The number of fused-ring (bicyclic) bond motifs is 1. The Morgan fingerprint density at radius 1 is 1.10 bits per heavy atom. The molecule has 1 saturated carbocycles. The van der Waals surface area contributed by atoms with Crippen LogP contribution in [0, 0.1) is 11.8 Å². The Balaban J connectivity index is 1.40. The average molecular weight is 450 g/mol. The van der Waals surface area contributed by atoms with Gasteiger partial charge in [-0.05, 0) is 76.6 Å². The highest BCUT2D eigenvalue weighted by Gasteiger charge is 2.27. The van der Waals surface area contributed by atoms with Crippen LogP contribution in [0.2, 0.25) is 5.02 Å². The monoisotopic (exact) mass is 449 g/mol. The standard InChI is InChI=1S/C22H28ClN3O5/c1-22(2,3)31-21(29)24-12-13-4-6-14(7-5-13)19(27)25-26-20(28)18-11-15-10-16(23)8-9-17(15)30-18/h8-11,13-14H,4-7,12H2,1-3H3,(H,24,29)(H,25,27)(H,26,28). The van der Waals surface area contributed by atoms with Crippen molar-refractivity contribution in [1.82, 2.24) is 16.2 Å². The summed E-state index contributed by atoms with van der Waals surface area (Å²) in [4.78, 5) is 36.5. The van der Waals surface area contributed by atoms with E-state index in [1.54, 1.807) is 24.3 Å². The summed E-state index contributed by atoms with van der Waals surface area (Å²) in [6.07, 6.45) is 2.57. The fraction of sp³-hybridized carbons (Fsp3) is 0.500. The number of benzene rings is 1. The van der Waals surface area contributed by atoms with Gasteiger partial charge < -0.3 is 14.5 Å². The first-order valence-electron chi connectivity index (χ1n) is 10.4. The molecule has 168 valence electrons. The highest BCUT2D eigenvalue weighted by atomic mass is 35.5. The van der Waals surface area contributed by atoms with E-state index in [0.717, 1.165) is 12.8 Å². The zero-order valence-electron chi connectivity index (χ0n) is 17.9. The zero-order chi connectivity index (χ0) is 22.6. The van der Waals surface area contributed by atoms with E-state index >= 15 is 0 Å². The first-order valence-corrected chi connectivity index (χ1v) is 10.7. The average Bonchev–Trinajstić information content (AvgIpc) is 3.12. The lowest BCUT2D eigenvalue weighted by atomic mass is 9.81. The minimum absolute atomic E-state index is 0.0921. The molecule has 1 aliphatic carbocycles. The van der Waals surface area contributed by atoms with Crippen molar-refractivity contribution in [3.63, 3.8) is 0 Å². The third-order valence-electron chi connectivity index (χ3n) is 5.15. The summed E-state index contributed by atoms with van der Waals surface area (Å²) in [7, 11) is 0. The van der Waals surface area contributed by atoms with Gasteiger partial charge in [0.25, 0.3) is 0 Å². The smallest absolute Gasteiger partial charge is 0.407 e. The maximum Gasteiger partial charge on any atom is 0.407 e. The fourth-order valence-corrected chi connectivity index (χ4v) is 3.76. The van der Waals surface area contributed by atoms with Gasteiger partial charge in [-0.15, -0.1) is 0 Å². The van der Waals surface area contributed by atoms with E-state index in [4.69, 9.17) is 20.8 Å². The van der Waals surface area contributed by atoms with Gasteiger partial charge >= 0.3 is 12.0 Å². The Labute approximate surface area is 186 Å². The molecular weight excluding hydrogens is 422 g/mol. The highest BCUT2D eigenvalue weighted by molar-refractivity contribution is 6.31. The summed E-state index contributed by atoms with van der Waals surface area (Å²) in [6.45, 7) is 5.98. The van der Waals surface area contributed by atoms with Crippen LogP contribution < -0.4 is 16.2 Å². The van der Waals surface area contributed by atoms with Crippen molar-refractivity contribution in [2.24, 2.45) is 11.8 Å². The molecule has 1 aliphatic rings. The molecule has 1 aromatic heterocycles. The van der Waals surface area contributed by atoms with Crippen LogP contribution in [-0.4, -0.2) is 30.1 Å². The molecule has 3 N–H and O–H groups in total. The van der Waals surface area contributed by atoms with E-state index < -0.39 is 17.6 Å². The van der Waals surface area contributed by atoms with E-state index in [1.807, 2.05) is 20.8 Å². The number of furan rings is 1. The number of carbonyl (C=O) groups is 3. The molecule has 3 amide bonds. The van der Waals surface area contributed by atoms with E-state index in [9.17, 15) is 14.4 Å². The number of hydrazine groups is 1. The number of carbonyl (C=O) groups excluding carboxylic acids is 3. The summed E-state index contributed by atoms with van der Waals surface area (Å²) in [5, 5.41) is 4.05. The third kappa shape index (κ3) is 6.62. The summed E-state index contributed by atoms with van der Waals surface area (Å²) < 4.78 is 10.7. The van der Waals surface area contributed by atoms with Gasteiger partial charge in [0.1, 0.15) is 11.2 Å². The van der Waals surface area contributed by atoms with E-state index in [-0.39, 0.29) is 17.6 Å². The van der Waals surface area contributed by atoms with Gasteiger partial charge in [0.2, 0.25) is 5.91 Å². The predicted molar refractivity (Wildman–Crippen MR) is 117 cm³/mol. The van der Waals surface area contributed by atoms with Gasteiger partial charge in [0.15, 0.2) is 5.76 Å². The van der Waals surface area contributed by atoms with Crippen molar-refractivity contribution in [2.75, 3.05) is 6.54 Å². The van der Waals surface area contributed by atoms with Crippen molar-refractivity contribution in [2.45, 2.75) is 52.1 Å². The highest BCUT2D eigenvalue weighted by Crippen LogP contribution is 2.28. The predicted octanol–water partition coefficient (Wildman–Crippen LogP) is 4.18. The minimum Gasteiger partial charge on any atom is -0.451 e. The molecule has 8 nitrogen and oxygen atoms in total. The summed E-state index contributed by atoms with van der Waals surface area (Å²) >= 11 is 5.94. The lowest BCUT2D eigenvalue weighted by Gasteiger charge is -2.28. The van der Waals surface area contributed by atoms with Crippen LogP contribution in [0.3, 0.4) is 0 Å². The van der Waals surface area contributed by atoms with Crippen molar-refractivity contribution in [1.29, 1.82) is 0 Å². The zero-order valence-corrected chi connectivity index (χ0v) is 18.7. The molecule has 0 radical (unpaired) electrons. The number of ether oxygens (including phenoxy) is 1. The number of nitrogens with one attached hydrogen (secondary N) is 3. The Kier molecular flexibility index (Phi) is 7.10. The van der Waals surface area contributed by atoms with Crippen LogP contribution in [-0.2, 0) is 9.53 Å². The lowest BCUT2D eigenvalue weighted by molar-refractivity contribution is -0.127. The first-order chi connectivity index (χ1) is 14.6. The van der Waals surface area contributed by atoms with Crippen molar-refractivity contribution < 1.29 is 23.5 Å². The largest absolute Gasteiger partial charge is 0.451 e. The Bertz CT molecular complexity index is 958. The van der Waals surface area contributed by atoms with Crippen molar-refractivity contribution in [3.8, 4) is 0 Å². The second-order valence-corrected chi connectivity index (χ2v) is 9.27. The lowest BCUT2D eigenvalue weighted by Crippen LogP contribution is -2.45. The number of alkyl carbamates (subject to hydrolysis) is 1. The number of hydrogen-bond acceptors (Lipinski definition) is 5. The number of rotatable bonds is 4. The maximum atomic E-state index is 12.4. The van der Waals surface area contributed by atoms with E-state index in [2.05, 4.69) is 16.2 Å². The molecule has 0 atom stereocenters. The van der Waals surface area contributed by atoms with Crippen LogP contribution in [0.1, 0.15) is 57.0 Å². The third-order valence-corrected chi connectivity index (χ3v) is 5.39. The molecular formula is C22H28ClN3O5. The van der Waals surface area contributed by atoms with Crippen LogP contribution in [0.25, 0.3) is 11.0 Å². The van der Waals surface area contributed by atoms with Crippen molar-refractivity contribution >= 4 is 40.5 Å². The second-order valence-electron chi connectivity index (χ2n) is 8.84. The number of amides is 3. The maximum absolute atomic E-state index is 12.4. The molecule has 2 aromatic rings. The second kappa shape index (κ2) is 9.60. The molecule has 31 heavy (non-hydrogen) atoms. The molecule has 0 saturated heterocycles. The minimum atomic E-state index is -0.532. The number of halogens is 1. The van der Waals surface area contributed by atoms with Gasteiger partial charge in [-0.3, -0.25) is 20.4 Å². The molecule has 1 heterocycles. The van der Waals surface area contributed by atoms with E-state index in [1.165, 1.54) is 0 Å². The van der Waals surface area contributed by atoms with Crippen LogP contribution in [0.4, 0.5) is 4.79 Å². The molecule has 0 bridgehead atoms. The SMILES string of the molecule is CC(C)(C)OC(=O)NCC1CCC(C(=O)NNC(=O)c2cc3cc(Cl)ccc3o2)CC1. The Morgan fingerprint density at radius 2 is 1.81 bits per heavy atom. The summed E-state index contributed by atoms with van der Waals surface area (Å²) in [6, 6.07) is 6.64. The molecule has 1 fully saturated rings. The van der Waals surface area contributed by atoms with Gasteiger partial charge in [0, 0.05) is 22.9 Å². The first kappa shape index (κ1) is 22.9.